The van der Waals surface area contributed by atoms with Crippen LogP contribution in [0, 0.1) is 5.92 Å². The smallest absolute Gasteiger partial charge is 0.229 e. The van der Waals surface area contributed by atoms with Crippen LogP contribution in [-0.2, 0) is 22.4 Å². The van der Waals surface area contributed by atoms with Gasteiger partial charge < -0.3 is 10.2 Å². The van der Waals surface area contributed by atoms with Gasteiger partial charge in [0.2, 0.25) is 11.8 Å². The molecule has 0 radical (unpaired) electrons. The summed E-state index contributed by atoms with van der Waals surface area (Å²) in [7, 11) is 0. The second-order valence-corrected chi connectivity index (χ2v) is 7.99. The van der Waals surface area contributed by atoms with E-state index in [9.17, 15) is 9.59 Å². The second-order valence-electron chi connectivity index (χ2n) is 7.99. The highest BCUT2D eigenvalue weighted by molar-refractivity contribution is 5.94. The van der Waals surface area contributed by atoms with E-state index < -0.39 is 0 Å². The molecule has 1 atom stereocenters. The molecule has 1 aliphatic rings. The summed E-state index contributed by atoms with van der Waals surface area (Å²) in [5, 5.41) is 5.36. The summed E-state index contributed by atoms with van der Waals surface area (Å²) in [6.45, 7) is 3.29. The quantitative estimate of drug-likeness (QED) is 0.667. The summed E-state index contributed by atoms with van der Waals surface area (Å²) in [4.78, 5) is 27.8. The average molecular weight is 401 g/mol. The number of hydrogen-bond donors (Lipinski definition) is 1. The number of nitrogens with zero attached hydrogens (tertiary/aromatic N) is 1. The highest BCUT2D eigenvalue weighted by atomic mass is 16.2. The number of carbonyl (C=O) groups excluding carboxylic acids is 2. The summed E-state index contributed by atoms with van der Waals surface area (Å²) in [5.41, 5.74) is 3.05. The van der Waals surface area contributed by atoms with Crippen LogP contribution in [0.15, 0.2) is 66.7 Å². The number of amides is 2. The molecule has 0 spiro atoms. The number of para-hydroxylation sites is 1. The Bertz CT molecular complexity index is 1050. The molecule has 3 aromatic carbocycles. The first-order valence-corrected chi connectivity index (χ1v) is 10.8. The molecular formula is C26H28N2O2. The summed E-state index contributed by atoms with van der Waals surface area (Å²) in [6, 6.07) is 22.2. The van der Waals surface area contributed by atoms with Crippen molar-refractivity contribution in [1.29, 1.82) is 0 Å². The molecule has 1 heterocycles. The highest BCUT2D eigenvalue weighted by Crippen LogP contribution is 2.23. The average Bonchev–Trinajstić information content (AvgIpc) is 2.79. The third kappa shape index (κ3) is 4.38. The van der Waals surface area contributed by atoms with E-state index in [0.717, 1.165) is 53.4 Å². The summed E-state index contributed by atoms with van der Waals surface area (Å²) in [6.07, 6.45) is 2.91. The molecule has 1 aliphatic heterocycles. The van der Waals surface area contributed by atoms with Crippen molar-refractivity contribution in [1.82, 2.24) is 4.90 Å². The van der Waals surface area contributed by atoms with Gasteiger partial charge in [-0.2, -0.15) is 0 Å². The molecule has 0 aliphatic carbocycles. The van der Waals surface area contributed by atoms with Crippen LogP contribution in [0.5, 0.6) is 0 Å². The predicted octanol–water partition coefficient (Wildman–Crippen LogP) is 4.82. The van der Waals surface area contributed by atoms with Crippen molar-refractivity contribution in [3.05, 3.63) is 77.9 Å². The molecule has 2 amide bonds. The summed E-state index contributed by atoms with van der Waals surface area (Å²) < 4.78 is 0. The van der Waals surface area contributed by atoms with Gasteiger partial charge in [0.15, 0.2) is 0 Å². The van der Waals surface area contributed by atoms with Crippen LogP contribution >= 0.6 is 0 Å². The van der Waals surface area contributed by atoms with Crippen molar-refractivity contribution < 1.29 is 9.59 Å². The Morgan fingerprint density at radius 1 is 0.967 bits per heavy atom. The Kier molecular flexibility index (Phi) is 6.12. The largest absolute Gasteiger partial charge is 0.342 e. The van der Waals surface area contributed by atoms with Crippen molar-refractivity contribution in [2.45, 2.75) is 32.6 Å². The van der Waals surface area contributed by atoms with Gasteiger partial charge in [0, 0.05) is 18.8 Å². The molecule has 3 aromatic rings. The maximum atomic E-state index is 13.0. The van der Waals surface area contributed by atoms with Crippen molar-refractivity contribution >= 4 is 28.3 Å². The fraction of sp³-hybridized carbons (Fsp3) is 0.308. The van der Waals surface area contributed by atoms with Crippen LogP contribution in [0.2, 0.25) is 0 Å². The van der Waals surface area contributed by atoms with E-state index in [4.69, 9.17) is 0 Å². The molecule has 1 fully saturated rings. The van der Waals surface area contributed by atoms with Crippen molar-refractivity contribution in [3.63, 3.8) is 0 Å². The summed E-state index contributed by atoms with van der Waals surface area (Å²) >= 11 is 0. The van der Waals surface area contributed by atoms with Gasteiger partial charge in [-0.15, -0.1) is 0 Å². The molecule has 4 nitrogen and oxygen atoms in total. The van der Waals surface area contributed by atoms with E-state index in [1.54, 1.807) is 0 Å². The summed E-state index contributed by atoms with van der Waals surface area (Å²) in [5.74, 6) is -0.0588. The first kappa shape index (κ1) is 20.1. The minimum atomic E-state index is -0.167. The molecule has 0 saturated carbocycles. The first-order chi connectivity index (χ1) is 14.7. The van der Waals surface area contributed by atoms with E-state index in [1.165, 1.54) is 0 Å². The number of benzene rings is 3. The van der Waals surface area contributed by atoms with Crippen LogP contribution in [-0.4, -0.2) is 29.8 Å². The van der Waals surface area contributed by atoms with Crippen molar-refractivity contribution in [2.75, 3.05) is 18.4 Å². The highest BCUT2D eigenvalue weighted by Gasteiger charge is 2.28. The lowest BCUT2D eigenvalue weighted by Crippen LogP contribution is -2.44. The molecule has 4 rings (SSSR count). The van der Waals surface area contributed by atoms with E-state index in [2.05, 4.69) is 30.4 Å². The topological polar surface area (TPSA) is 49.4 Å². The van der Waals surface area contributed by atoms with Gasteiger partial charge in [0.25, 0.3) is 0 Å². The number of carbonyl (C=O) groups is 2. The zero-order valence-electron chi connectivity index (χ0n) is 17.4. The Morgan fingerprint density at radius 3 is 2.57 bits per heavy atom. The van der Waals surface area contributed by atoms with Crippen LogP contribution in [0.4, 0.5) is 5.69 Å². The third-order valence-electron chi connectivity index (χ3n) is 6.02. The molecule has 1 N–H and O–H groups in total. The second kappa shape index (κ2) is 9.12. The fourth-order valence-corrected chi connectivity index (χ4v) is 4.32. The van der Waals surface area contributed by atoms with Gasteiger partial charge in [-0.05, 0) is 47.2 Å². The molecule has 30 heavy (non-hydrogen) atoms. The Morgan fingerprint density at radius 2 is 1.70 bits per heavy atom. The fourth-order valence-electron chi connectivity index (χ4n) is 4.32. The molecule has 4 heteroatoms. The normalized spacial score (nSPS) is 16.4. The SMILES string of the molecule is CCc1ccccc1NC(=O)C1CCCN(C(=O)Cc2cccc3ccccc23)C1. The number of hydrogen-bond acceptors (Lipinski definition) is 2. The monoisotopic (exact) mass is 400 g/mol. The Hall–Kier alpha value is -3.14. The molecule has 0 aromatic heterocycles. The third-order valence-corrected chi connectivity index (χ3v) is 6.02. The van der Waals surface area contributed by atoms with Gasteiger partial charge in [-0.3, -0.25) is 9.59 Å². The molecule has 1 unspecified atom stereocenters. The van der Waals surface area contributed by atoms with E-state index in [-0.39, 0.29) is 17.7 Å². The van der Waals surface area contributed by atoms with E-state index in [0.29, 0.717) is 13.0 Å². The van der Waals surface area contributed by atoms with Gasteiger partial charge in [-0.1, -0.05) is 67.6 Å². The Labute approximate surface area is 177 Å². The van der Waals surface area contributed by atoms with Crippen molar-refractivity contribution in [2.24, 2.45) is 5.92 Å². The maximum absolute atomic E-state index is 13.0. The number of piperidine rings is 1. The number of fused-ring (bicyclic) bond motifs is 1. The van der Waals surface area contributed by atoms with Crippen LogP contribution in [0.25, 0.3) is 10.8 Å². The standard InChI is InChI=1S/C26H28N2O2/c1-2-19-9-4-6-15-24(19)27-26(30)22-13-8-16-28(18-22)25(29)17-21-12-7-11-20-10-3-5-14-23(20)21/h3-7,9-12,14-15,22H,2,8,13,16-18H2,1H3,(H,27,30). The van der Waals surface area contributed by atoms with Crippen LogP contribution in [0.1, 0.15) is 30.9 Å². The van der Waals surface area contributed by atoms with Gasteiger partial charge >= 0.3 is 0 Å². The van der Waals surface area contributed by atoms with Crippen LogP contribution in [0.3, 0.4) is 0 Å². The number of rotatable bonds is 5. The lowest BCUT2D eigenvalue weighted by atomic mass is 9.95. The Balaban J connectivity index is 1.43. The maximum Gasteiger partial charge on any atom is 0.229 e. The van der Waals surface area contributed by atoms with Gasteiger partial charge in [0.05, 0.1) is 12.3 Å². The first-order valence-electron chi connectivity index (χ1n) is 10.8. The zero-order valence-corrected chi connectivity index (χ0v) is 17.4. The van der Waals surface area contributed by atoms with E-state index >= 15 is 0 Å². The van der Waals surface area contributed by atoms with Gasteiger partial charge in [-0.25, -0.2) is 0 Å². The number of likely N-dealkylation sites (tertiary alicyclic amines) is 1. The van der Waals surface area contributed by atoms with Crippen molar-refractivity contribution in [3.8, 4) is 0 Å². The van der Waals surface area contributed by atoms with E-state index in [1.807, 2.05) is 53.4 Å². The van der Waals surface area contributed by atoms with Crippen LogP contribution < -0.4 is 5.32 Å². The number of nitrogens with one attached hydrogen (secondary N) is 1. The molecule has 154 valence electrons. The number of anilines is 1. The minimum Gasteiger partial charge on any atom is -0.342 e. The molecule has 0 bridgehead atoms. The zero-order chi connectivity index (χ0) is 20.9. The van der Waals surface area contributed by atoms with Gasteiger partial charge in [0.1, 0.15) is 0 Å². The molecule has 1 saturated heterocycles. The lowest BCUT2D eigenvalue weighted by molar-refractivity contribution is -0.133. The lowest BCUT2D eigenvalue weighted by Gasteiger charge is -2.32. The molecular weight excluding hydrogens is 372 g/mol. The predicted molar refractivity (Wildman–Crippen MR) is 121 cm³/mol. The number of aryl methyl sites for hydroxylation is 1. The minimum absolute atomic E-state index is 0.0126.